The molecule has 0 saturated heterocycles. The van der Waals surface area contributed by atoms with Crippen LogP contribution in [0.1, 0.15) is 51.9 Å². The molecule has 106 valence electrons. The number of urea groups is 1. The van der Waals surface area contributed by atoms with Gasteiger partial charge < -0.3 is 15.4 Å². The average Bonchev–Trinajstić information content (AvgIpc) is 2.88. The topological polar surface area (TPSA) is 50.4 Å². The smallest absolute Gasteiger partial charge is 0.314 e. The van der Waals surface area contributed by atoms with Gasteiger partial charge in [0, 0.05) is 26.3 Å². The second-order valence-electron chi connectivity index (χ2n) is 5.11. The van der Waals surface area contributed by atoms with Crippen molar-refractivity contribution >= 4 is 6.03 Å². The number of unbranched alkanes of at least 4 members (excludes halogenated alkanes) is 1. The van der Waals surface area contributed by atoms with E-state index in [0.29, 0.717) is 12.5 Å². The molecule has 1 saturated carbocycles. The second-order valence-corrected chi connectivity index (χ2v) is 5.11. The Kier molecular flexibility index (Phi) is 8.65. The quantitative estimate of drug-likeness (QED) is 0.623. The summed E-state index contributed by atoms with van der Waals surface area (Å²) in [5, 5.41) is 5.81. The Balaban J connectivity index is 1.84. The van der Waals surface area contributed by atoms with Crippen LogP contribution in [-0.2, 0) is 4.74 Å². The number of hydrogen-bond acceptors (Lipinski definition) is 2. The van der Waals surface area contributed by atoms with Gasteiger partial charge in [0.2, 0.25) is 0 Å². The lowest BCUT2D eigenvalue weighted by molar-refractivity contribution is 0.129. The molecule has 0 unspecified atom stereocenters. The van der Waals surface area contributed by atoms with Crippen LogP contribution in [0.2, 0.25) is 0 Å². The van der Waals surface area contributed by atoms with E-state index in [2.05, 4.69) is 17.6 Å². The highest BCUT2D eigenvalue weighted by Gasteiger charge is 2.15. The maximum Gasteiger partial charge on any atom is 0.314 e. The molecule has 4 nitrogen and oxygen atoms in total. The largest absolute Gasteiger partial charge is 0.381 e. The average molecular weight is 256 g/mol. The fourth-order valence-corrected chi connectivity index (χ4v) is 2.24. The third kappa shape index (κ3) is 7.54. The lowest BCUT2D eigenvalue weighted by Gasteiger charge is -2.11. The third-order valence-corrected chi connectivity index (χ3v) is 3.42. The summed E-state index contributed by atoms with van der Waals surface area (Å²) in [7, 11) is 0. The Morgan fingerprint density at radius 2 is 1.89 bits per heavy atom. The molecular weight excluding hydrogens is 228 g/mol. The van der Waals surface area contributed by atoms with Gasteiger partial charge in [-0.15, -0.1) is 0 Å². The highest BCUT2D eigenvalue weighted by Crippen LogP contribution is 2.23. The number of amides is 2. The summed E-state index contributed by atoms with van der Waals surface area (Å²) in [5.74, 6) is 0.702. The molecule has 2 N–H and O–H groups in total. The van der Waals surface area contributed by atoms with Crippen molar-refractivity contribution < 1.29 is 9.53 Å². The molecular formula is C14H28N2O2. The van der Waals surface area contributed by atoms with E-state index >= 15 is 0 Å². The molecule has 1 aliphatic carbocycles. The Hall–Kier alpha value is -0.770. The van der Waals surface area contributed by atoms with Crippen LogP contribution in [0.5, 0.6) is 0 Å². The van der Waals surface area contributed by atoms with E-state index in [1.165, 1.54) is 32.1 Å². The first-order valence-electron chi connectivity index (χ1n) is 7.42. The Morgan fingerprint density at radius 3 is 2.61 bits per heavy atom. The van der Waals surface area contributed by atoms with Crippen LogP contribution < -0.4 is 10.6 Å². The highest BCUT2D eigenvalue weighted by molar-refractivity contribution is 5.73. The lowest BCUT2D eigenvalue weighted by atomic mass is 10.1. The van der Waals surface area contributed by atoms with E-state index in [4.69, 9.17) is 4.74 Å². The third-order valence-electron chi connectivity index (χ3n) is 3.42. The lowest BCUT2D eigenvalue weighted by Crippen LogP contribution is -2.38. The number of carbonyl (C=O) groups excluding carboxylic acids is 1. The minimum Gasteiger partial charge on any atom is -0.381 e. The molecule has 4 heteroatoms. The van der Waals surface area contributed by atoms with Gasteiger partial charge in [0.1, 0.15) is 0 Å². The summed E-state index contributed by atoms with van der Waals surface area (Å²) in [6, 6.07) is -0.0320. The van der Waals surface area contributed by atoms with E-state index in [0.717, 1.165) is 32.6 Å². The van der Waals surface area contributed by atoms with Gasteiger partial charge in [-0.3, -0.25) is 0 Å². The van der Waals surface area contributed by atoms with Gasteiger partial charge in [-0.25, -0.2) is 4.79 Å². The monoisotopic (exact) mass is 256 g/mol. The van der Waals surface area contributed by atoms with Gasteiger partial charge >= 0.3 is 6.03 Å². The minimum atomic E-state index is -0.0320. The van der Waals surface area contributed by atoms with Crippen molar-refractivity contribution in [3.8, 4) is 0 Å². The van der Waals surface area contributed by atoms with Crippen molar-refractivity contribution in [3.05, 3.63) is 0 Å². The molecule has 2 amide bonds. The van der Waals surface area contributed by atoms with Gasteiger partial charge in [-0.1, -0.05) is 26.2 Å². The van der Waals surface area contributed by atoms with Gasteiger partial charge in [0.05, 0.1) is 0 Å². The molecule has 0 atom stereocenters. The Labute approximate surface area is 111 Å². The number of carbonyl (C=O) groups is 1. The number of hydrogen-bond donors (Lipinski definition) is 2. The van der Waals surface area contributed by atoms with Crippen LogP contribution in [0.25, 0.3) is 0 Å². The molecule has 1 rings (SSSR count). The zero-order chi connectivity index (χ0) is 13.1. The molecule has 0 heterocycles. The van der Waals surface area contributed by atoms with E-state index < -0.39 is 0 Å². The molecule has 18 heavy (non-hydrogen) atoms. The van der Waals surface area contributed by atoms with Crippen LogP contribution in [0.3, 0.4) is 0 Å². The number of nitrogens with one attached hydrogen (secondary N) is 2. The molecule has 1 aliphatic rings. The molecule has 1 fully saturated rings. The minimum absolute atomic E-state index is 0.0320. The van der Waals surface area contributed by atoms with Gasteiger partial charge in [0.25, 0.3) is 0 Å². The van der Waals surface area contributed by atoms with Crippen LogP contribution in [-0.4, -0.2) is 32.3 Å². The summed E-state index contributed by atoms with van der Waals surface area (Å²) in [6.07, 6.45) is 8.36. The molecule has 0 radical (unpaired) electrons. The summed E-state index contributed by atoms with van der Waals surface area (Å²) < 4.78 is 5.43. The van der Waals surface area contributed by atoms with E-state index in [-0.39, 0.29) is 6.03 Å². The standard InChI is InChI=1S/C14H28N2O2/c1-2-3-10-18-11-6-9-15-14(17)16-12-13-7-4-5-8-13/h13H,2-12H2,1H3,(H2,15,16,17). The Morgan fingerprint density at radius 1 is 1.17 bits per heavy atom. The number of rotatable bonds is 9. The zero-order valence-electron chi connectivity index (χ0n) is 11.7. The maximum absolute atomic E-state index is 11.5. The van der Waals surface area contributed by atoms with Crippen molar-refractivity contribution in [3.63, 3.8) is 0 Å². The summed E-state index contributed by atoms with van der Waals surface area (Å²) in [6.45, 7) is 5.26. The first-order valence-corrected chi connectivity index (χ1v) is 7.42. The molecule has 0 bridgehead atoms. The Bertz CT molecular complexity index is 216. The molecule has 0 aromatic carbocycles. The molecule has 0 aromatic rings. The van der Waals surface area contributed by atoms with E-state index in [1.54, 1.807) is 0 Å². The highest BCUT2D eigenvalue weighted by atomic mass is 16.5. The van der Waals surface area contributed by atoms with Gasteiger partial charge in [-0.05, 0) is 31.6 Å². The second kappa shape index (κ2) is 10.2. The van der Waals surface area contributed by atoms with Crippen LogP contribution in [0.4, 0.5) is 4.79 Å². The fourth-order valence-electron chi connectivity index (χ4n) is 2.24. The SMILES string of the molecule is CCCCOCCCNC(=O)NCC1CCCC1. The first-order chi connectivity index (χ1) is 8.83. The van der Waals surface area contributed by atoms with Crippen molar-refractivity contribution in [1.82, 2.24) is 10.6 Å². The molecule has 0 aromatic heterocycles. The first kappa shape index (κ1) is 15.3. The normalized spacial score (nSPS) is 15.8. The van der Waals surface area contributed by atoms with Gasteiger partial charge in [-0.2, -0.15) is 0 Å². The molecule has 0 spiro atoms. The van der Waals surface area contributed by atoms with Crippen molar-refractivity contribution in [2.75, 3.05) is 26.3 Å². The predicted octanol–water partition coefficient (Wildman–Crippen LogP) is 2.68. The zero-order valence-corrected chi connectivity index (χ0v) is 11.7. The summed E-state index contributed by atoms with van der Waals surface area (Å²) >= 11 is 0. The van der Waals surface area contributed by atoms with Crippen molar-refractivity contribution in [2.45, 2.75) is 51.9 Å². The number of ether oxygens (including phenoxy) is 1. The molecule has 0 aliphatic heterocycles. The van der Waals surface area contributed by atoms with Crippen molar-refractivity contribution in [2.24, 2.45) is 5.92 Å². The van der Waals surface area contributed by atoms with E-state index in [9.17, 15) is 4.79 Å². The van der Waals surface area contributed by atoms with E-state index in [1.807, 2.05) is 0 Å². The predicted molar refractivity (Wildman–Crippen MR) is 73.7 cm³/mol. The fraction of sp³-hybridized carbons (Fsp3) is 0.929. The van der Waals surface area contributed by atoms with Gasteiger partial charge in [0.15, 0.2) is 0 Å². The van der Waals surface area contributed by atoms with Crippen LogP contribution in [0.15, 0.2) is 0 Å². The van der Waals surface area contributed by atoms with Crippen LogP contribution >= 0.6 is 0 Å². The van der Waals surface area contributed by atoms with Crippen LogP contribution in [0, 0.1) is 5.92 Å². The van der Waals surface area contributed by atoms with Crippen molar-refractivity contribution in [1.29, 1.82) is 0 Å². The maximum atomic E-state index is 11.5. The summed E-state index contributed by atoms with van der Waals surface area (Å²) in [4.78, 5) is 11.5. The summed E-state index contributed by atoms with van der Waals surface area (Å²) in [5.41, 5.74) is 0.